The van der Waals surface area contributed by atoms with Crippen LogP contribution in [0.2, 0.25) is 15.1 Å². The second-order valence-electron chi connectivity index (χ2n) is 5.19. The number of rotatable bonds is 9. The highest BCUT2D eigenvalue weighted by molar-refractivity contribution is 7.99. The number of nitrogens with one attached hydrogen (secondary N) is 1. The van der Waals surface area contributed by atoms with Crippen LogP contribution in [0, 0.1) is 0 Å². The Labute approximate surface area is 172 Å². The fraction of sp³-hybridized carbons (Fsp3) is 0.278. The van der Waals surface area contributed by atoms with Crippen molar-refractivity contribution in [3.05, 3.63) is 63.1 Å². The molecule has 0 saturated heterocycles. The molecule has 1 amide bonds. The van der Waals surface area contributed by atoms with Gasteiger partial charge in [0.1, 0.15) is 0 Å². The predicted octanol–water partition coefficient (Wildman–Crippen LogP) is 6.18. The minimum absolute atomic E-state index is 0.0755. The number of hydrogen-bond acceptors (Lipinski definition) is 3. The van der Waals surface area contributed by atoms with Crippen LogP contribution in [0.1, 0.15) is 12.0 Å². The summed E-state index contributed by atoms with van der Waals surface area (Å²) in [5.74, 6) is 2.47. The first kappa shape index (κ1) is 20.8. The fourth-order valence-corrected chi connectivity index (χ4v) is 4.36. The second kappa shape index (κ2) is 11.2. The molecule has 2 aromatic rings. The maximum Gasteiger partial charge on any atom is 0.220 e. The van der Waals surface area contributed by atoms with Crippen LogP contribution in [-0.4, -0.2) is 24.0 Å². The number of amides is 1. The van der Waals surface area contributed by atoms with Crippen molar-refractivity contribution in [2.45, 2.75) is 17.1 Å². The van der Waals surface area contributed by atoms with Crippen LogP contribution < -0.4 is 5.32 Å². The zero-order valence-electron chi connectivity index (χ0n) is 13.4. The average Bonchev–Trinajstić information content (AvgIpc) is 2.58. The molecule has 0 bridgehead atoms. The molecule has 0 aliphatic carbocycles. The van der Waals surface area contributed by atoms with Crippen molar-refractivity contribution in [1.29, 1.82) is 0 Å². The van der Waals surface area contributed by atoms with Crippen LogP contribution in [0.4, 0.5) is 0 Å². The lowest BCUT2D eigenvalue weighted by Gasteiger charge is -2.07. The first-order valence-electron chi connectivity index (χ1n) is 7.71. The van der Waals surface area contributed by atoms with Crippen molar-refractivity contribution in [3.63, 3.8) is 0 Å². The van der Waals surface area contributed by atoms with E-state index >= 15 is 0 Å². The molecule has 0 aliphatic rings. The van der Waals surface area contributed by atoms with Gasteiger partial charge in [-0.25, -0.2) is 0 Å². The van der Waals surface area contributed by atoms with Gasteiger partial charge in [-0.15, -0.1) is 11.8 Å². The van der Waals surface area contributed by atoms with E-state index in [1.54, 1.807) is 29.6 Å². The van der Waals surface area contributed by atoms with E-state index in [0.29, 0.717) is 23.0 Å². The van der Waals surface area contributed by atoms with Gasteiger partial charge in [-0.1, -0.05) is 40.9 Å². The lowest BCUT2D eigenvalue weighted by molar-refractivity contribution is -0.120. The first-order chi connectivity index (χ1) is 12.0. The van der Waals surface area contributed by atoms with Crippen LogP contribution in [0.15, 0.2) is 47.4 Å². The summed E-state index contributed by atoms with van der Waals surface area (Å²) < 4.78 is 0. The smallest absolute Gasteiger partial charge is 0.220 e. The van der Waals surface area contributed by atoms with Crippen LogP contribution in [-0.2, 0) is 10.5 Å². The van der Waals surface area contributed by atoms with E-state index in [2.05, 4.69) is 5.32 Å². The molecule has 0 unspecified atom stereocenters. The molecule has 7 heteroatoms. The van der Waals surface area contributed by atoms with Crippen molar-refractivity contribution >= 4 is 64.2 Å². The van der Waals surface area contributed by atoms with Gasteiger partial charge in [-0.3, -0.25) is 4.79 Å². The average molecular weight is 435 g/mol. The van der Waals surface area contributed by atoms with Gasteiger partial charge in [0.2, 0.25) is 5.91 Å². The summed E-state index contributed by atoms with van der Waals surface area (Å²) in [6, 6.07) is 13.2. The summed E-state index contributed by atoms with van der Waals surface area (Å²) in [7, 11) is 0. The van der Waals surface area contributed by atoms with Gasteiger partial charge >= 0.3 is 0 Å². The third-order valence-corrected chi connectivity index (χ3v) is 6.11. The predicted molar refractivity (Wildman–Crippen MR) is 112 cm³/mol. The van der Waals surface area contributed by atoms with E-state index in [1.807, 2.05) is 36.4 Å². The third kappa shape index (κ3) is 8.14. The van der Waals surface area contributed by atoms with E-state index < -0.39 is 0 Å². The van der Waals surface area contributed by atoms with Gasteiger partial charge in [0.15, 0.2) is 0 Å². The highest BCUT2D eigenvalue weighted by Crippen LogP contribution is 2.24. The maximum absolute atomic E-state index is 11.8. The Morgan fingerprint density at radius 1 is 0.960 bits per heavy atom. The zero-order chi connectivity index (χ0) is 18.1. The molecule has 0 aliphatic heterocycles. The number of halogens is 3. The summed E-state index contributed by atoms with van der Waals surface area (Å²) in [6.07, 6.45) is 0.501. The van der Waals surface area contributed by atoms with E-state index in [1.165, 1.54) is 0 Å². The normalized spacial score (nSPS) is 10.7. The number of benzene rings is 2. The van der Waals surface area contributed by atoms with Crippen molar-refractivity contribution in [2.75, 3.05) is 18.1 Å². The topological polar surface area (TPSA) is 29.1 Å². The first-order valence-corrected chi connectivity index (χ1v) is 11.0. The molecule has 134 valence electrons. The number of hydrogen-bond donors (Lipinski definition) is 1. The maximum atomic E-state index is 11.8. The summed E-state index contributed by atoms with van der Waals surface area (Å²) in [5.41, 5.74) is 1.06. The van der Waals surface area contributed by atoms with Gasteiger partial charge in [-0.05, 0) is 42.0 Å². The number of thioether (sulfide) groups is 2. The van der Waals surface area contributed by atoms with Crippen molar-refractivity contribution in [1.82, 2.24) is 5.32 Å². The van der Waals surface area contributed by atoms with E-state index in [0.717, 1.165) is 32.7 Å². The Morgan fingerprint density at radius 3 is 2.40 bits per heavy atom. The molecular formula is C18H18Cl3NOS2. The van der Waals surface area contributed by atoms with E-state index in [-0.39, 0.29) is 5.91 Å². The van der Waals surface area contributed by atoms with Crippen LogP contribution >= 0.6 is 58.3 Å². The highest BCUT2D eigenvalue weighted by Gasteiger charge is 2.04. The summed E-state index contributed by atoms with van der Waals surface area (Å²) >= 11 is 21.2. The van der Waals surface area contributed by atoms with E-state index in [9.17, 15) is 4.79 Å². The molecule has 25 heavy (non-hydrogen) atoms. The van der Waals surface area contributed by atoms with Gasteiger partial charge in [0, 0.05) is 50.2 Å². The minimum Gasteiger partial charge on any atom is -0.355 e. The molecule has 0 aromatic heterocycles. The summed E-state index contributed by atoms with van der Waals surface area (Å²) in [6.45, 7) is 0.653. The molecule has 0 atom stereocenters. The van der Waals surface area contributed by atoms with E-state index in [4.69, 9.17) is 34.8 Å². The molecule has 0 radical (unpaired) electrons. The molecule has 0 spiro atoms. The molecule has 0 fully saturated rings. The highest BCUT2D eigenvalue weighted by atomic mass is 35.5. The van der Waals surface area contributed by atoms with Gasteiger partial charge in [0.05, 0.1) is 0 Å². The molecule has 1 N–H and O–H groups in total. The summed E-state index contributed by atoms with van der Waals surface area (Å²) in [5, 5.41) is 4.99. The summed E-state index contributed by atoms with van der Waals surface area (Å²) in [4.78, 5) is 12.9. The third-order valence-electron chi connectivity index (χ3n) is 3.25. The number of carbonyl (C=O) groups excluding carboxylic acids is 1. The lowest BCUT2D eigenvalue weighted by Crippen LogP contribution is -2.25. The Kier molecular flexibility index (Phi) is 9.35. The standard InChI is InChI=1S/C18H18Cl3NOS2/c19-14-3-5-16(6-4-14)25-9-7-18(23)22-8-10-24-12-13-1-2-15(20)11-17(13)21/h1-6,11H,7-10,12H2,(H,22,23). The van der Waals surface area contributed by atoms with Gasteiger partial charge < -0.3 is 5.32 Å². The van der Waals surface area contributed by atoms with Gasteiger partial charge in [-0.2, -0.15) is 11.8 Å². The molecule has 0 saturated carbocycles. The number of carbonyl (C=O) groups is 1. The van der Waals surface area contributed by atoms with Crippen molar-refractivity contribution in [2.24, 2.45) is 0 Å². The quantitative estimate of drug-likeness (QED) is 0.377. The monoisotopic (exact) mass is 433 g/mol. The molecule has 2 nitrogen and oxygen atoms in total. The Balaban J connectivity index is 1.55. The SMILES string of the molecule is O=C(CCSc1ccc(Cl)cc1)NCCSCc1ccc(Cl)cc1Cl. The molecular weight excluding hydrogens is 417 g/mol. The molecule has 2 rings (SSSR count). The van der Waals surface area contributed by atoms with Crippen molar-refractivity contribution in [3.8, 4) is 0 Å². The zero-order valence-corrected chi connectivity index (χ0v) is 17.3. The fourth-order valence-electron chi connectivity index (χ4n) is 1.96. The van der Waals surface area contributed by atoms with Gasteiger partial charge in [0.25, 0.3) is 0 Å². The minimum atomic E-state index is 0.0755. The Morgan fingerprint density at radius 2 is 1.68 bits per heavy atom. The van der Waals surface area contributed by atoms with Crippen molar-refractivity contribution < 1.29 is 4.79 Å². The molecule has 2 aromatic carbocycles. The van der Waals surface area contributed by atoms with Crippen LogP contribution in [0.25, 0.3) is 0 Å². The molecule has 0 heterocycles. The van der Waals surface area contributed by atoms with Crippen LogP contribution in [0.5, 0.6) is 0 Å². The second-order valence-corrected chi connectivity index (χ2v) is 8.74. The largest absolute Gasteiger partial charge is 0.355 e. The van der Waals surface area contributed by atoms with Crippen LogP contribution in [0.3, 0.4) is 0 Å². The Hall–Kier alpha value is -0.520. The lowest BCUT2D eigenvalue weighted by atomic mass is 10.2. The Bertz CT molecular complexity index is 695.